The molecule has 0 aliphatic carbocycles. The second-order valence-corrected chi connectivity index (χ2v) is 3.99. The number of fused-ring (bicyclic) bond motifs is 1. The number of imidazole rings is 1. The van der Waals surface area contributed by atoms with Crippen molar-refractivity contribution in [2.45, 2.75) is 12.8 Å². The minimum atomic E-state index is -2.28. The van der Waals surface area contributed by atoms with E-state index in [2.05, 4.69) is 10.3 Å². The summed E-state index contributed by atoms with van der Waals surface area (Å²) in [7, 11) is 0. The van der Waals surface area contributed by atoms with Crippen LogP contribution in [0.5, 0.6) is 0 Å². The van der Waals surface area contributed by atoms with Crippen LogP contribution in [0.4, 0.5) is 8.78 Å². The van der Waals surface area contributed by atoms with E-state index in [0.717, 1.165) is 17.1 Å². The zero-order valence-electron chi connectivity index (χ0n) is 7.99. The van der Waals surface area contributed by atoms with Gasteiger partial charge in [-0.3, -0.25) is 4.40 Å². The molecule has 0 saturated heterocycles. The number of alkyl halides is 2. The standard InChI is InChI=1S/C9H11F2N3S/c10-8(11)5-12-2-1-7-6-15-9-13-3-4-14(7)9/h3-4,6,8,12H,1-2,5H2. The molecule has 3 nitrogen and oxygen atoms in total. The molecule has 0 aromatic carbocycles. The predicted octanol–water partition coefficient (Wildman–Crippen LogP) is 1.79. The molecule has 0 aliphatic rings. The molecule has 0 fully saturated rings. The van der Waals surface area contributed by atoms with Crippen molar-refractivity contribution in [1.82, 2.24) is 14.7 Å². The Bertz CT molecular complexity index is 424. The maximum absolute atomic E-state index is 11.8. The van der Waals surface area contributed by atoms with E-state index in [1.165, 1.54) is 0 Å². The van der Waals surface area contributed by atoms with E-state index in [4.69, 9.17) is 0 Å². The molecule has 2 aromatic heterocycles. The fourth-order valence-corrected chi connectivity index (χ4v) is 2.27. The second kappa shape index (κ2) is 4.67. The van der Waals surface area contributed by atoms with Crippen LogP contribution in [0.25, 0.3) is 4.96 Å². The lowest BCUT2D eigenvalue weighted by Crippen LogP contribution is -2.23. The van der Waals surface area contributed by atoms with Crippen LogP contribution >= 0.6 is 11.3 Å². The Hall–Kier alpha value is -1.01. The molecular weight excluding hydrogens is 220 g/mol. The normalized spacial score (nSPS) is 11.7. The average Bonchev–Trinajstić information content (AvgIpc) is 2.74. The number of aromatic nitrogens is 2. The molecule has 0 spiro atoms. The fraction of sp³-hybridized carbons (Fsp3) is 0.444. The van der Waals surface area contributed by atoms with Crippen molar-refractivity contribution in [3.8, 4) is 0 Å². The lowest BCUT2D eigenvalue weighted by atomic mass is 10.3. The molecular formula is C9H11F2N3S. The SMILES string of the molecule is FC(F)CNCCc1csc2nccn12. The summed E-state index contributed by atoms with van der Waals surface area (Å²) in [6.07, 6.45) is 2.08. The number of hydrogen-bond donors (Lipinski definition) is 1. The van der Waals surface area contributed by atoms with Gasteiger partial charge in [-0.05, 0) is 0 Å². The Labute approximate surface area is 89.8 Å². The van der Waals surface area contributed by atoms with Crippen LogP contribution in [0.3, 0.4) is 0 Å². The van der Waals surface area contributed by atoms with Crippen molar-refractivity contribution in [3.05, 3.63) is 23.5 Å². The van der Waals surface area contributed by atoms with E-state index in [-0.39, 0.29) is 6.54 Å². The van der Waals surface area contributed by atoms with E-state index < -0.39 is 6.43 Å². The third-order valence-corrected chi connectivity index (χ3v) is 2.98. The topological polar surface area (TPSA) is 29.3 Å². The number of nitrogens with zero attached hydrogens (tertiary/aromatic N) is 2. The molecule has 2 rings (SSSR count). The number of rotatable bonds is 5. The monoisotopic (exact) mass is 231 g/mol. The van der Waals surface area contributed by atoms with Gasteiger partial charge in [-0.1, -0.05) is 0 Å². The highest BCUT2D eigenvalue weighted by Gasteiger charge is 2.04. The molecule has 0 amide bonds. The van der Waals surface area contributed by atoms with Gasteiger partial charge in [0.1, 0.15) is 0 Å². The second-order valence-electron chi connectivity index (χ2n) is 3.15. The van der Waals surface area contributed by atoms with E-state index in [1.54, 1.807) is 17.5 Å². The minimum Gasteiger partial charge on any atom is -0.311 e. The Morgan fingerprint density at radius 3 is 3.20 bits per heavy atom. The lowest BCUT2D eigenvalue weighted by molar-refractivity contribution is 0.146. The number of thiazole rings is 1. The average molecular weight is 231 g/mol. The summed E-state index contributed by atoms with van der Waals surface area (Å²) in [4.78, 5) is 5.08. The molecule has 0 aliphatic heterocycles. The van der Waals surface area contributed by atoms with Crippen LogP contribution < -0.4 is 5.32 Å². The van der Waals surface area contributed by atoms with Crippen LogP contribution in [-0.4, -0.2) is 28.9 Å². The highest BCUT2D eigenvalue weighted by molar-refractivity contribution is 7.15. The van der Waals surface area contributed by atoms with Crippen LogP contribution in [0, 0.1) is 0 Å². The lowest BCUT2D eigenvalue weighted by Gasteiger charge is -2.02. The van der Waals surface area contributed by atoms with Crippen molar-refractivity contribution in [1.29, 1.82) is 0 Å². The van der Waals surface area contributed by atoms with Gasteiger partial charge in [-0.2, -0.15) is 0 Å². The summed E-state index contributed by atoms with van der Waals surface area (Å²) in [5.41, 5.74) is 1.11. The van der Waals surface area contributed by atoms with E-state index in [1.807, 2.05) is 16.0 Å². The molecule has 0 saturated carbocycles. The first kappa shape index (κ1) is 10.5. The van der Waals surface area contributed by atoms with Gasteiger partial charge in [-0.15, -0.1) is 11.3 Å². The van der Waals surface area contributed by atoms with Gasteiger partial charge < -0.3 is 5.32 Å². The number of halogens is 2. The van der Waals surface area contributed by atoms with E-state index in [0.29, 0.717) is 6.54 Å². The first-order valence-electron chi connectivity index (χ1n) is 4.65. The zero-order chi connectivity index (χ0) is 10.7. The van der Waals surface area contributed by atoms with Gasteiger partial charge in [0, 0.05) is 36.4 Å². The Kier molecular flexibility index (Phi) is 3.27. The van der Waals surface area contributed by atoms with Gasteiger partial charge in [-0.25, -0.2) is 13.8 Å². The van der Waals surface area contributed by atoms with Crippen LogP contribution in [0.15, 0.2) is 17.8 Å². The molecule has 82 valence electrons. The molecule has 6 heteroatoms. The summed E-state index contributed by atoms with van der Waals surface area (Å²) in [5, 5.41) is 4.71. The van der Waals surface area contributed by atoms with E-state index >= 15 is 0 Å². The summed E-state index contributed by atoms with van der Waals surface area (Å²) >= 11 is 1.56. The maximum Gasteiger partial charge on any atom is 0.250 e. The molecule has 0 unspecified atom stereocenters. The van der Waals surface area contributed by atoms with Crippen LogP contribution in [0.1, 0.15) is 5.69 Å². The largest absolute Gasteiger partial charge is 0.311 e. The first-order valence-corrected chi connectivity index (χ1v) is 5.53. The van der Waals surface area contributed by atoms with Gasteiger partial charge >= 0.3 is 0 Å². The molecule has 0 radical (unpaired) electrons. The summed E-state index contributed by atoms with van der Waals surface area (Å²) < 4.78 is 25.6. The van der Waals surface area contributed by atoms with Gasteiger partial charge in [0.15, 0.2) is 4.96 Å². The predicted molar refractivity (Wildman–Crippen MR) is 55.6 cm³/mol. The maximum atomic E-state index is 11.8. The molecule has 0 atom stereocenters. The van der Waals surface area contributed by atoms with Crippen molar-refractivity contribution in [2.24, 2.45) is 0 Å². The molecule has 1 N–H and O–H groups in total. The quantitative estimate of drug-likeness (QED) is 0.795. The third-order valence-electron chi connectivity index (χ3n) is 2.07. The minimum absolute atomic E-state index is 0.239. The van der Waals surface area contributed by atoms with Gasteiger partial charge in [0.2, 0.25) is 0 Å². The summed E-state index contributed by atoms with van der Waals surface area (Å²) in [6, 6.07) is 0. The van der Waals surface area contributed by atoms with Gasteiger partial charge in [0.05, 0.1) is 6.54 Å². The smallest absolute Gasteiger partial charge is 0.250 e. The van der Waals surface area contributed by atoms with Crippen LogP contribution in [0.2, 0.25) is 0 Å². The van der Waals surface area contributed by atoms with Gasteiger partial charge in [0.25, 0.3) is 6.43 Å². The van der Waals surface area contributed by atoms with Crippen molar-refractivity contribution in [3.63, 3.8) is 0 Å². The number of hydrogen-bond acceptors (Lipinski definition) is 3. The summed E-state index contributed by atoms with van der Waals surface area (Å²) in [6.45, 7) is 0.325. The third kappa shape index (κ3) is 2.51. The Balaban J connectivity index is 1.87. The van der Waals surface area contributed by atoms with E-state index in [9.17, 15) is 8.78 Å². The molecule has 2 aromatic rings. The number of nitrogens with one attached hydrogen (secondary N) is 1. The van der Waals surface area contributed by atoms with Crippen LogP contribution in [-0.2, 0) is 6.42 Å². The first-order chi connectivity index (χ1) is 7.27. The fourth-order valence-electron chi connectivity index (χ4n) is 1.38. The Morgan fingerprint density at radius 1 is 1.53 bits per heavy atom. The molecule has 2 heterocycles. The summed E-state index contributed by atoms with van der Waals surface area (Å²) in [5.74, 6) is 0. The Morgan fingerprint density at radius 2 is 2.40 bits per heavy atom. The van der Waals surface area contributed by atoms with Crippen molar-refractivity contribution in [2.75, 3.05) is 13.1 Å². The molecule has 15 heavy (non-hydrogen) atoms. The molecule has 0 bridgehead atoms. The zero-order valence-corrected chi connectivity index (χ0v) is 8.81. The highest BCUT2D eigenvalue weighted by atomic mass is 32.1. The highest BCUT2D eigenvalue weighted by Crippen LogP contribution is 2.14. The van der Waals surface area contributed by atoms with Crippen molar-refractivity contribution < 1.29 is 8.78 Å². The van der Waals surface area contributed by atoms with Crippen molar-refractivity contribution >= 4 is 16.3 Å².